The van der Waals surface area contributed by atoms with Gasteiger partial charge in [-0.1, -0.05) is 0 Å². The summed E-state index contributed by atoms with van der Waals surface area (Å²) in [6, 6.07) is 1.81. The van der Waals surface area contributed by atoms with E-state index in [2.05, 4.69) is 34.3 Å². The number of hydrogen-bond donors (Lipinski definition) is 3. The molecule has 0 spiro atoms. The van der Waals surface area contributed by atoms with Crippen molar-refractivity contribution in [3.05, 3.63) is 18.5 Å². The van der Waals surface area contributed by atoms with Crippen LogP contribution in [0, 0.1) is 11.8 Å². The first kappa shape index (κ1) is 23.6. The lowest BCUT2D eigenvalue weighted by Crippen LogP contribution is -2.43. The summed E-state index contributed by atoms with van der Waals surface area (Å²) in [5.41, 5.74) is 7.49. The first-order valence-corrected chi connectivity index (χ1v) is 7.83. The number of nitrogens with two attached hydrogens (primary N) is 1. The van der Waals surface area contributed by atoms with E-state index in [1.165, 1.54) is 0 Å². The number of hydrogen-bond acceptors (Lipinski definition) is 4. The summed E-state index contributed by atoms with van der Waals surface area (Å²) >= 11 is 0. The van der Waals surface area contributed by atoms with Crippen LogP contribution in [0.15, 0.2) is 18.5 Å². The van der Waals surface area contributed by atoms with E-state index in [1.807, 2.05) is 6.07 Å². The molecule has 2 aromatic rings. The molecule has 2 heterocycles. The van der Waals surface area contributed by atoms with Gasteiger partial charge in [-0.3, -0.25) is 9.89 Å². The zero-order chi connectivity index (χ0) is 15.7. The van der Waals surface area contributed by atoms with Crippen molar-refractivity contribution in [2.24, 2.45) is 17.6 Å². The van der Waals surface area contributed by atoms with Gasteiger partial charge in [0.25, 0.3) is 0 Å². The molecule has 1 amide bonds. The molecular weight excluding hydrogens is 365 g/mol. The quantitative estimate of drug-likeness (QED) is 0.741. The second-order valence-corrected chi connectivity index (χ2v) is 6.85. The summed E-state index contributed by atoms with van der Waals surface area (Å²) in [5, 5.41) is 10.6. The number of carbonyl (C=O) groups is 1. The van der Waals surface area contributed by atoms with Gasteiger partial charge < -0.3 is 16.5 Å². The molecule has 0 bridgehead atoms. The fourth-order valence-corrected chi connectivity index (χ4v) is 3.29. The number of halogens is 2. The van der Waals surface area contributed by atoms with E-state index in [0.717, 1.165) is 36.8 Å². The highest BCUT2D eigenvalue weighted by molar-refractivity contribution is 6.00. The fraction of sp³-hybridized carbons (Fsp3) is 0.562. The van der Waals surface area contributed by atoms with Crippen molar-refractivity contribution in [3.63, 3.8) is 0 Å². The Morgan fingerprint density at radius 2 is 1.92 bits per heavy atom. The Balaban J connectivity index is 0.00000192. The Labute approximate surface area is 159 Å². The largest absolute Gasteiger partial charge is 0.412 e. The van der Waals surface area contributed by atoms with E-state index in [0.29, 0.717) is 11.6 Å². The van der Waals surface area contributed by atoms with Crippen LogP contribution in [0.2, 0.25) is 0 Å². The Morgan fingerprint density at radius 3 is 2.52 bits per heavy atom. The molecule has 0 unspecified atom stereocenters. The molecule has 1 aliphatic rings. The van der Waals surface area contributed by atoms with Crippen molar-refractivity contribution in [2.75, 3.05) is 5.32 Å². The molecule has 1 aliphatic carbocycles. The van der Waals surface area contributed by atoms with E-state index < -0.39 is 0 Å². The molecule has 1 saturated carbocycles. The van der Waals surface area contributed by atoms with Crippen LogP contribution in [0.25, 0.3) is 11.0 Å². The monoisotopic (exact) mass is 391 g/mol. The predicted molar refractivity (Wildman–Crippen MR) is 104 cm³/mol. The Hall–Kier alpha value is -1.41. The molecule has 0 aliphatic heterocycles. The second kappa shape index (κ2) is 9.33. The van der Waals surface area contributed by atoms with Gasteiger partial charge >= 0.3 is 0 Å². The molecule has 2 aromatic heterocycles. The molecule has 3 rings (SSSR count). The Morgan fingerprint density at radius 1 is 1.28 bits per heavy atom. The van der Waals surface area contributed by atoms with Crippen molar-refractivity contribution in [2.45, 2.75) is 45.1 Å². The number of aromatic amines is 1. The van der Waals surface area contributed by atoms with Gasteiger partial charge in [-0.25, -0.2) is 4.98 Å². The van der Waals surface area contributed by atoms with Crippen LogP contribution in [0.4, 0.5) is 5.69 Å². The summed E-state index contributed by atoms with van der Waals surface area (Å²) in [7, 11) is 0. The molecule has 25 heavy (non-hydrogen) atoms. The number of anilines is 1. The molecular formula is C16H27Cl2N5O2. The maximum atomic E-state index is 12.5. The van der Waals surface area contributed by atoms with Gasteiger partial charge in [0, 0.05) is 17.7 Å². The van der Waals surface area contributed by atoms with Gasteiger partial charge in [0.1, 0.15) is 0 Å². The van der Waals surface area contributed by atoms with E-state index >= 15 is 0 Å². The third-order valence-corrected chi connectivity index (χ3v) is 4.76. The normalized spacial score (nSPS) is 20.0. The van der Waals surface area contributed by atoms with Crippen LogP contribution in [-0.2, 0) is 4.79 Å². The highest BCUT2D eigenvalue weighted by atomic mass is 35.5. The highest BCUT2D eigenvalue weighted by Gasteiger charge is 2.32. The number of pyridine rings is 1. The minimum Gasteiger partial charge on any atom is -0.412 e. The van der Waals surface area contributed by atoms with E-state index in [1.54, 1.807) is 12.4 Å². The van der Waals surface area contributed by atoms with E-state index in [9.17, 15) is 4.79 Å². The summed E-state index contributed by atoms with van der Waals surface area (Å²) in [5.74, 6) is 0.647. The number of rotatable bonds is 3. The van der Waals surface area contributed by atoms with Crippen LogP contribution in [0.1, 0.15) is 39.5 Å². The summed E-state index contributed by atoms with van der Waals surface area (Å²) in [6.07, 6.45) is 7.18. The van der Waals surface area contributed by atoms with Gasteiger partial charge in [0.05, 0.1) is 17.3 Å². The number of amides is 1. The van der Waals surface area contributed by atoms with Crippen molar-refractivity contribution in [1.82, 2.24) is 15.2 Å². The van der Waals surface area contributed by atoms with Crippen LogP contribution >= 0.6 is 24.8 Å². The first-order valence-electron chi connectivity index (χ1n) is 7.83. The number of nitrogens with one attached hydrogen (secondary N) is 2. The Kier molecular flexibility index (Phi) is 8.81. The molecule has 7 nitrogen and oxygen atoms in total. The number of nitrogens with zero attached hydrogens (tertiary/aromatic N) is 2. The standard InChI is InChI=1S/C16H23N5O.2ClH.H2O/c1-16(2,17)11-5-3-10(4-6-11)15(22)20-13-7-8-18-14-12(13)9-19-21-14;;;/h7-11H,3-6,17H2,1-2H3,(H2,18,19,20,21,22);2*1H;1H2. The zero-order valence-corrected chi connectivity index (χ0v) is 16.0. The molecule has 0 aromatic carbocycles. The van der Waals surface area contributed by atoms with Crippen LogP contribution < -0.4 is 11.1 Å². The van der Waals surface area contributed by atoms with Crippen LogP contribution in [-0.4, -0.2) is 32.1 Å². The fourth-order valence-electron chi connectivity index (χ4n) is 3.29. The summed E-state index contributed by atoms with van der Waals surface area (Å²) < 4.78 is 0. The van der Waals surface area contributed by atoms with Crippen LogP contribution in [0.3, 0.4) is 0 Å². The topological polar surface area (TPSA) is 128 Å². The molecule has 0 saturated heterocycles. The van der Waals surface area contributed by atoms with Gasteiger partial charge in [0.2, 0.25) is 5.91 Å². The molecule has 6 N–H and O–H groups in total. The highest BCUT2D eigenvalue weighted by Crippen LogP contribution is 2.35. The Bertz CT molecular complexity index is 678. The lowest BCUT2D eigenvalue weighted by atomic mass is 9.73. The zero-order valence-electron chi connectivity index (χ0n) is 14.4. The summed E-state index contributed by atoms with van der Waals surface area (Å²) in [4.78, 5) is 16.7. The molecule has 0 radical (unpaired) electrons. The minimum atomic E-state index is -0.157. The average Bonchev–Trinajstić information content (AvgIpc) is 2.96. The summed E-state index contributed by atoms with van der Waals surface area (Å²) in [6.45, 7) is 4.15. The van der Waals surface area contributed by atoms with Crippen LogP contribution in [0.5, 0.6) is 0 Å². The van der Waals surface area contributed by atoms with Gasteiger partial charge in [0.15, 0.2) is 5.65 Å². The number of H-pyrrole nitrogens is 1. The van der Waals surface area contributed by atoms with Crippen molar-refractivity contribution in [1.29, 1.82) is 0 Å². The van der Waals surface area contributed by atoms with Gasteiger partial charge in [-0.15, -0.1) is 24.8 Å². The van der Waals surface area contributed by atoms with Crippen molar-refractivity contribution in [3.8, 4) is 0 Å². The van der Waals surface area contributed by atoms with Crippen molar-refractivity contribution >= 4 is 47.4 Å². The van der Waals surface area contributed by atoms with Gasteiger partial charge in [-0.2, -0.15) is 5.10 Å². The minimum absolute atomic E-state index is 0. The predicted octanol–water partition coefficient (Wildman–Crippen LogP) is 2.46. The third kappa shape index (κ3) is 5.28. The van der Waals surface area contributed by atoms with E-state index in [-0.39, 0.29) is 47.7 Å². The lowest BCUT2D eigenvalue weighted by molar-refractivity contribution is -0.121. The molecule has 142 valence electrons. The smallest absolute Gasteiger partial charge is 0.227 e. The molecule has 9 heteroatoms. The SMILES string of the molecule is CC(C)(N)C1CCC(C(=O)Nc2ccnc3[nH]ncc23)CC1.Cl.Cl.O. The maximum Gasteiger partial charge on any atom is 0.227 e. The second-order valence-electron chi connectivity index (χ2n) is 6.85. The maximum absolute atomic E-state index is 12.5. The average molecular weight is 392 g/mol. The number of aromatic nitrogens is 3. The lowest BCUT2D eigenvalue weighted by Gasteiger charge is -2.36. The van der Waals surface area contributed by atoms with E-state index in [4.69, 9.17) is 5.73 Å². The molecule has 0 atom stereocenters. The molecule has 1 fully saturated rings. The first-order chi connectivity index (χ1) is 10.4. The van der Waals surface area contributed by atoms with Crippen molar-refractivity contribution < 1.29 is 10.3 Å². The number of fused-ring (bicyclic) bond motifs is 1. The number of carbonyl (C=O) groups excluding carboxylic acids is 1. The third-order valence-electron chi connectivity index (χ3n) is 4.76. The van der Waals surface area contributed by atoms with Gasteiger partial charge in [-0.05, 0) is 51.5 Å².